The van der Waals surface area contributed by atoms with Gasteiger partial charge in [-0.2, -0.15) is 0 Å². The fourth-order valence-corrected chi connectivity index (χ4v) is 3.56. The zero-order chi connectivity index (χ0) is 15.1. The normalized spacial score (nSPS) is 13.4. The Kier molecular flexibility index (Phi) is 3.25. The molecule has 7 nitrogen and oxygen atoms in total. The molecule has 3 rings (SSSR count). The van der Waals surface area contributed by atoms with Crippen molar-refractivity contribution in [2.24, 2.45) is 5.73 Å². The van der Waals surface area contributed by atoms with Crippen molar-refractivity contribution in [1.29, 1.82) is 0 Å². The number of amides is 1. The lowest BCUT2D eigenvalue weighted by atomic mass is 10.2. The Morgan fingerprint density at radius 2 is 2.24 bits per heavy atom. The molecule has 0 saturated heterocycles. The van der Waals surface area contributed by atoms with Gasteiger partial charge >= 0.3 is 5.97 Å². The smallest absolute Gasteiger partial charge is 0.349 e. The Hall–Kier alpha value is -2.22. The monoisotopic (exact) mass is 307 g/mol. The van der Waals surface area contributed by atoms with Crippen LogP contribution in [-0.4, -0.2) is 28.0 Å². The number of aryl methyl sites for hydroxylation is 2. The summed E-state index contributed by atoms with van der Waals surface area (Å²) in [6.07, 6.45) is 1.68. The van der Waals surface area contributed by atoms with Gasteiger partial charge in [0, 0.05) is 13.0 Å². The summed E-state index contributed by atoms with van der Waals surface area (Å²) in [6.45, 7) is 1.87. The van der Waals surface area contributed by atoms with E-state index < -0.39 is 18.5 Å². The lowest BCUT2D eigenvalue weighted by Crippen LogP contribution is -2.21. The van der Waals surface area contributed by atoms with Crippen LogP contribution in [0.15, 0.2) is 4.79 Å². The van der Waals surface area contributed by atoms with E-state index in [2.05, 4.69) is 4.98 Å². The summed E-state index contributed by atoms with van der Waals surface area (Å²) in [5.74, 6) is -0.621. The van der Waals surface area contributed by atoms with Crippen LogP contribution >= 0.6 is 11.3 Å². The van der Waals surface area contributed by atoms with Crippen LogP contribution in [0.25, 0.3) is 10.2 Å². The quantitative estimate of drug-likeness (QED) is 0.824. The van der Waals surface area contributed by atoms with Gasteiger partial charge in [0.05, 0.1) is 5.39 Å². The van der Waals surface area contributed by atoms with E-state index >= 15 is 0 Å². The number of ether oxygens (including phenoxy) is 1. The molecule has 0 fully saturated rings. The number of nitrogens with zero attached hydrogens (tertiary/aromatic N) is 2. The van der Waals surface area contributed by atoms with Gasteiger partial charge in [0.25, 0.3) is 11.5 Å². The summed E-state index contributed by atoms with van der Waals surface area (Å²) in [5.41, 5.74) is 5.37. The summed E-state index contributed by atoms with van der Waals surface area (Å²) < 4.78 is 6.45. The summed E-state index contributed by atoms with van der Waals surface area (Å²) in [6, 6.07) is 0. The largest absolute Gasteiger partial charge is 0.451 e. The summed E-state index contributed by atoms with van der Waals surface area (Å²) in [5, 5.41) is 0.455. The average molecular weight is 307 g/mol. The number of carbonyl (C=O) groups is 2. The molecule has 0 atom stereocenters. The molecular formula is C13H13N3O4S. The highest BCUT2D eigenvalue weighted by molar-refractivity contribution is 7.20. The van der Waals surface area contributed by atoms with E-state index in [0.717, 1.165) is 30.0 Å². The molecule has 0 aliphatic carbocycles. The summed E-state index contributed by atoms with van der Waals surface area (Å²) >= 11 is 1.11. The van der Waals surface area contributed by atoms with Gasteiger partial charge in [0.2, 0.25) is 0 Å². The topological polar surface area (TPSA) is 104 Å². The molecule has 0 unspecified atom stereocenters. The molecule has 0 saturated carbocycles. The van der Waals surface area contributed by atoms with Crippen molar-refractivity contribution in [3.05, 3.63) is 26.6 Å². The van der Waals surface area contributed by atoms with E-state index in [0.29, 0.717) is 27.2 Å². The van der Waals surface area contributed by atoms with Gasteiger partial charge in [-0.3, -0.25) is 14.2 Å². The van der Waals surface area contributed by atoms with Crippen molar-refractivity contribution in [2.75, 3.05) is 6.61 Å². The molecule has 1 aliphatic rings. The molecule has 2 aromatic heterocycles. The second-order valence-electron chi connectivity index (χ2n) is 4.87. The van der Waals surface area contributed by atoms with Crippen LogP contribution < -0.4 is 11.3 Å². The third kappa shape index (κ3) is 2.21. The lowest BCUT2D eigenvalue weighted by Gasteiger charge is -2.02. The molecule has 8 heteroatoms. The predicted molar refractivity (Wildman–Crippen MR) is 76.4 cm³/mol. The molecule has 0 aromatic carbocycles. The Morgan fingerprint density at radius 1 is 1.48 bits per heavy atom. The second kappa shape index (κ2) is 4.96. The van der Waals surface area contributed by atoms with Crippen molar-refractivity contribution in [3.8, 4) is 0 Å². The number of primary amides is 1. The van der Waals surface area contributed by atoms with E-state index in [9.17, 15) is 14.4 Å². The van der Waals surface area contributed by atoms with E-state index in [4.69, 9.17) is 10.5 Å². The molecule has 0 bridgehead atoms. The van der Waals surface area contributed by atoms with Crippen molar-refractivity contribution in [2.45, 2.75) is 26.3 Å². The van der Waals surface area contributed by atoms with Crippen LogP contribution in [0, 0.1) is 6.92 Å². The van der Waals surface area contributed by atoms with Gasteiger partial charge in [-0.1, -0.05) is 0 Å². The van der Waals surface area contributed by atoms with Crippen molar-refractivity contribution in [3.63, 3.8) is 0 Å². The van der Waals surface area contributed by atoms with E-state index in [1.165, 1.54) is 0 Å². The standard InChI is InChI=1S/C13H13N3O4S/c1-6-9-11(15-8-3-2-4-16(8)12(9)18)21-10(6)13(19)20-5-7(14)17/h2-5H2,1H3,(H2,14,17). The first-order chi connectivity index (χ1) is 9.99. The van der Waals surface area contributed by atoms with Gasteiger partial charge in [-0.25, -0.2) is 9.78 Å². The van der Waals surface area contributed by atoms with Gasteiger partial charge in [0.15, 0.2) is 6.61 Å². The molecule has 21 heavy (non-hydrogen) atoms. The van der Waals surface area contributed by atoms with Crippen molar-refractivity contribution < 1.29 is 14.3 Å². The van der Waals surface area contributed by atoms with Crippen LogP contribution in [0.1, 0.15) is 27.5 Å². The van der Waals surface area contributed by atoms with Crippen LogP contribution in [0.2, 0.25) is 0 Å². The number of carbonyl (C=O) groups excluding carboxylic acids is 2. The molecule has 110 valence electrons. The Morgan fingerprint density at radius 3 is 2.95 bits per heavy atom. The zero-order valence-corrected chi connectivity index (χ0v) is 12.2. The Balaban J connectivity index is 2.09. The van der Waals surface area contributed by atoms with Crippen LogP contribution in [0.5, 0.6) is 0 Å². The zero-order valence-electron chi connectivity index (χ0n) is 11.3. The number of rotatable bonds is 3. The minimum atomic E-state index is -0.723. The van der Waals surface area contributed by atoms with E-state index in [1.54, 1.807) is 11.5 Å². The molecule has 3 heterocycles. The van der Waals surface area contributed by atoms with Crippen molar-refractivity contribution in [1.82, 2.24) is 9.55 Å². The number of nitrogens with two attached hydrogens (primary N) is 1. The highest BCUT2D eigenvalue weighted by Gasteiger charge is 2.24. The number of fused-ring (bicyclic) bond motifs is 2. The first-order valence-corrected chi connectivity index (χ1v) is 7.29. The Labute approximate surface area is 123 Å². The van der Waals surface area contributed by atoms with Crippen molar-refractivity contribution >= 4 is 33.4 Å². The maximum absolute atomic E-state index is 12.4. The molecule has 2 aromatic rings. The number of hydrogen-bond acceptors (Lipinski definition) is 6. The first-order valence-electron chi connectivity index (χ1n) is 6.47. The maximum atomic E-state index is 12.4. The number of hydrogen-bond donors (Lipinski definition) is 1. The molecule has 0 radical (unpaired) electrons. The van der Waals surface area contributed by atoms with Gasteiger partial charge < -0.3 is 10.5 Å². The molecule has 2 N–H and O–H groups in total. The van der Waals surface area contributed by atoms with E-state index in [-0.39, 0.29) is 5.56 Å². The van der Waals surface area contributed by atoms with Gasteiger partial charge in [0.1, 0.15) is 15.5 Å². The van der Waals surface area contributed by atoms with Crippen LogP contribution in [0.4, 0.5) is 0 Å². The van der Waals surface area contributed by atoms with Gasteiger partial charge in [-0.15, -0.1) is 11.3 Å². The first kappa shape index (κ1) is 13.7. The predicted octanol–water partition coefficient (Wildman–Crippen LogP) is 0.355. The highest BCUT2D eigenvalue weighted by atomic mass is 32.1. The number of thiophene rings is 1. The second-order valence-corrected chi connectivity index (χ2v) is 5.87. The van der Waals surface area contributed by atoms with E-state index in [1.807, 2.05) is 0 Å². The number of aromatic nitrogens is 2. The summed E-state index contributed by atoms with van der Waals surface area (Å²) in [4.78, 5) is 40.3. The molecular weight excluding hydrogens is 294 g/mol. The van der Waals surface area contributed by atoms with Crippen LogP contribution in [0.3, 0.4) is 0 Å². The highest BCUT2D eigenvalue weighted by Crippen LogP contribution is 2.29. The maximum Gasteiger partial charge on any atom is 0.349 e. The fourth-order valence-electron chi connectivity index (χ4n) is 2.47. The lowest BCUT2D eigenvalue weighted by molar-refractivity contribution is -0.121. The SMILES string of the molecule is Cc1c(C(=O)OCC(N)=O)sc2nc3n(c(=O)c12)CCC3. The Bertz CT molecular complexity index is 821. The van der Waals surface area contributed by atoms with Crippen LogP contribution in [-0.2, 0) is 22.5 Å². The third-order valence-electron chi connectivity index (χ3n) is 3.44. The molecule has 1 amide bonds. The minimum absolute atomic E-state index is 0.116. The molecule has 0 spiro atoms. The third-order valence-corrected chi connectivity index (χ3v) is 4.61. The molecule has 1 aliphatic heterocycles. The van der Waals surface area contributed by atoms with Gasteiger partial charge in [-0.05, 0) is 18.9 Å². The summed E-state index contributed by atoms with van der Waals surface area (Å²) in [7, 11) is 0. The average Bonchev–Trinajstić information content (AvgIpc) is 3.01. The minimum Gasteiger partial charge on any atom is -0.451 e. The fraction of sp³-hybridized carbons (Fsp3) is 0.385. The number of esters is 1.